The van der Waals surface area contributed by atoms with Crippen LogP contribution in [0, 0.1) is 29.5 Å². The fourth-order valence-electron chi connectivity index (χ4n) is 7.36. The lowest BCUT2D eigenvalue weighted by atomic mass is 9.57. The second-order valence-electron chi connectivity index (χ2n) is 11.9. The van der Waals surface area contributed by atoms with Crippen LogP contribution in [0.2, 0.25) is 0 Å². The summed E-state index contributed by atoms with van der Waals surface area (Å²) in [4.78, 5) is 64.4. The Morgan fingerprint density at radius 1 is 1.02 bits per heavy atom. The number of aromatic hydroxyl groups is 1. The monoisotopic (exact) mass is 686 g/mol. The molecule has 14 heteroatoms. The number of halogens is 3. The number of phenols is 1. The van der Waals surface area contributed by atoms with Gasteiger partial charge in [0.25, 0.3) is 11.8 Å². The first kappa shape index (κ1) is 32.5. The number of carbonyl (C=O) groups is 5. The smallest absolute Gasteiger partial charge is 0.305 e. The van der Waals surface area contributed by atoms with Crippen molar-refractivity contribution in [2.45, 2.75) is 29.0 Å². The number of carbonyl (C=O) groups excluding carboxylic acids is 4. The number of fused-ring (bicyclic) bond motifs is 4. The molecule has 0 bridgehead atoms. The van der Waals surface area contributed by atoms with Crippen LogP contribution >= 0.6 is 23.2 Å². The van der Waals surface area contributed by atoms with Gasteiger partial charge in [-0.1, -0.05) is 23.8 Å². The predicted octanol–water partition coefficient (Wildman–Crippen LogP) is 4.13. The Morgan fingerprint density at radius 2 is 1.66 bits per heavy atom. The summed E-state index contributed by atoms with van der Waals surface area (Å²) in [7, 11) is 2.72. The van der Waals surface area contributed by atoms with Gasteiger partial charge in [0.1, 0.15) is 5.82 Å². The fourth-order valence-corrected chi connectivity index (χ4v) is 8.25. The average molecular weight is 688 g/mol. The Bertz CT molecular complexity index is 1750. The lowest BCUT2D eigenvalue weighted by Crippen LogP contribution is -2.60. The second-order valence-corrected chi connectivity index (χ2v) is 13.1. The van der Waals surface area contributed by atoms with E-state index in [9.17, 15) is 38.6 Å². The number of aliphatic carboxylic acids is 1. The Hall–Kier alpha value is -4.42. The largest absolute Gasteiger partial charge is 0.502 e. The molecule has 2 aromatic carbocycles. The van der Waals surface area contributed by atoms with Gasteiger partial charge in [-0.15, -0.1) is 23.2 Å². The van der Waals surface area contributed by atoms with Gasteiger partial charge in [-0.25, -0.2) is 9.29 Å². The molecule has 6 unspecified atom stereocenters. The molecule has 4 amide bonds. The maximum Gasteiger partial charge on any atom is 0.305 e. The van der Waals surface area contributed by atoms with E-state index in [2.05, 4.69) is 0 Å². The first-order valence-corrected chi connectivity index (χ1v) is 15.5. The SMILES string of the molecule is COc1cc(C=CC2C3=CCC4C(=O)N(CCC(=O)O)C(=O)C4C3CC3(Cl)C(=O)N(c4ccc(F)cc4)C(=O)C23Cl)cc(OC)c1O. The van der Waals surface area contributed by atoms with Crippen LogP contribution in [0.25, 0.3) is 6.08 Å². The number of amides is 4. The van der Waals surface area contributed by atoms with Gasteiger partial charge in [-0.3, -0.25) is 28.9 Å². The molecule has 47 heavy (non-hydrogen) atoms. The lowest BCUT2D eigenvalue weighted by Gasteiger charge is -2.49. The van der Waals surface area contributed by atoms with Gasteiger partial charge < -0.3 is 19.7 Å². The van der Waals surface area contributed by atoms with Gasteiger partial charge in [-0.2, -0.15) is 0 Å². The van der Waals surface area contributed by atoms with Crippen LogP contribution in [0.1, 0.15) is 24.8 Å². The highest BCUT2D eigenvalue weighted by Crippen LogP contribution is 2.63. The van der Waals surface area contributed by atoms with Crippen molar-refractivity contribution in [3.05, 3.63) is 65.5 Å². The first-order chi connectivity index (χ1) is 22.3. The predicted molar refractivity (Wildman–Crippen MR) is 167 cm³/mol. The van der Waals surface area contributed by atoms with Gasteiger partial charge in [0.15, 0.2) is 21.2 Å². The normalized spacial score (nSPS) is 29.9. The van der Waals surface area contributed by atoms with Crippen molar-refractivity contribution in [1.82, 2.24) is 4.90 Å². The molecule has 0 spiro atoms. The molecule has 3 fully saturated rings. The number of benzene rings is 2. The maximum absolute atomic E-state index is 14.3. The van der Waals surface area contributed by atoms with Gasteiger partial charge in [0.05, 0.1) is 38.2 Å². The summed E-state index contributed by atoms with van der Waals surface area (Å²) >= 11 is 14.5. The van der Waals surface area contributed by atoms with Gasteiger partial charge in [0, 0.05) is 12.5 Å². The van der Waals surface area contributed by atoms with E-state index in [0.29, 0.717) is 11.1 Å². The number of alkyl halides is 2. The molecule has 11 nitrogen and oxygen atoms in total. The molecule has 4 aliphatic rings. The summed E-state index contributed by atoms with van der Waals surface area (Å²) in [6.45, 7) is -0.308. The Balaban J connectivity index is 1.49. The highest BCUT2D eigenvalue weighted by atomic mass is 35.5. The second kappa shape index (κ2) is 11.7. The molecule has 0 radical (unpaired) electrons. The van der Waals surface area contributed by atoms with E-state index in [0.717, 1.165) is 21.9 Å². The van der Waals surface area contributed by atoms with Crippen molar-refractivity contribution in [3.63, 3.8) is 0 Å². The molecule has 2 N–H and O–H groups in total. The molecule has 6 atom stereocenters. The highest BCUT2D eigenvalue weighted by Gasteiger charge is 2.76. The number of hydrogen-bond acceptors (Lipinski definition) is 8. The van der Waals surface area contributed by atoms with Crippen LogP contribution in [0.15, 0.2) is 54.1 Å². The standard InChI is InChI=1S/C33H29Cl2FN2O9/c1-46-23-13-16(14-24(47-2)27(23)41)3-10-22-19-8-9-20-26(29(43)37(28(20)42)12-11-25(39)40)21(19)15-32(34)30(44)38(31(45)33(22,32)35)18-6-4-17(36)5-7-18/h3-8,10,13-14,20-22,26,41H,9,11-12,15H2,1-2H3,(H,39,40). The number of phenolic OH excluding ortho intramolecular Hbond substituents is 1. The zero-order chi connectivity index (χ0) is 34.0. The van der Waals surface area contributed by atoms with E-state index >= 15 is 0 Å². The molecule has 1 saturated carbocycles. The number of carboxylic acid groups (broad SMARTS) is 1. The highest BCUT2D eigenvalue weighted by molar-refractivity contribution is 6.58. The van der Waals surface area contributed by atoms with Crippen LogP contribution in [-0.2, 0) is 24.0 Å². The Kier molecular flexibility index (Phi) is 8.08. The minimum Gasteiger partial charge on any atom is -0.502 e. The molecule has 2 heterocycles. The number of carboxylic acids is 1. The summed E-state index contributed by atoms with van der Waals surface area (Å²) in [5, 5.41) is 19.6. The Labute approximate surface area is 278 Å². The van der Waals surface area contributed by atoms with E-state index in [1.165, 1.54) is 38.5 Å². The van der Waals surface area contributed by atoms with Gasteiger partial charge in [0.2, 0.25) is 17.6 Å². The van der Waals surface area contributed by atoms with E-state index in [1.807, 2.05) is 0 Å². The third kappa shape index (κ3) is 4.79. The third-order valence-corrected chi connectivity index (χ3v) is 11.0. The van der Waals surface area contributed by atoms with Crippen molar-refractivity contribution < 1.29 is 48.0 Å². The van der Waals surface area contributed by atoms with Crippen molar-refractivity contribution in [1.29, 1.82) is 0 Å². The molecule has 2 aromatic rings. The maximum atomic E-state index is 14.3. The molecular formula is C33H29Cl2FN2O9. The van der Waals surface area contributed by atoms with Crippen LogP contribution in [-0.4, -0.2) is 75.2 Å². The summed E-state index contributed by atoms with van der Waals surface area (Å²) in [5.41, 5.74) is 1.04. The zero-order valence-corrected chi connectivity index (χ0v) is 26.6. The summed E-state index contributed by atoms with van der Waals surface area (Å²) < 4.78 is 24.3. The fraction of sp³-hybridized carbons (Fsp3) is 0.364. The molecular weight excluding hydrogens is 658 g/mol. The van der Waals surface area contributed by atoms with Crippen LogP contribution in [0.5, 0.6) is 17.2 Å². The number of allylic oxidation sites excluding steroid dienone is 3. The van der Waals surface area contributed by atoms with E-state index in [4.69, 9.17) is 32.7 Å². The summed E-state index contributed by atoms with van der Waals surface area (Å²) in [6, 6.07) is 7.71. The number of rotatable bonds is 8. The van der Waals surface area contributed by atoms with Crippen molar-refractivity contribution in [3.8, 4) is 17.2 Å². The number of nitrogens with zero attached hydrogens (tertiary/aromatic N) is 2. The number of anilines is 1. The van der Waals surface area contributed by atoms with Gasteiger partial charge in [-0.05, 0) is 60.7 Å². The topological polar surface area (TPSA) is 151 Å². The summed E-state index contributed by atoms with van der Waals surface area (Å²) in [5.74, 6) is -8.30. The minimum absolute atomic E-state index is 0.0494. The van der Waals surface area contributed by atoms with Crippen LogP contribution in [0.4, 0.5) is 10.1 Å². The number of methoxy groups -OCH3 is 2. The lowest BCUT2D eigenvalue weighted by molar-refractivity contribution is -0.142. The molecule has 2 aliphatic heterocycles. The van der Waals surface area contributed by atoms with E-state index in [-0.39, 0.29) is 42.3 Å². The summed E-state index contributed by atoms with van der Waals surface area (Å²) in [6.07, 6.45) is 4.31. The number of hydrogen-bond donors (Lipinski definition) is 2. The molecule has 2 saturated heterocycles. The number of imide groups is 2. The van der Waals surface area contributed by atoms with Crippen LogP contribution in [0.3, 0.4) is 0 Å². The van der Waals surface area contributed by atoms with Gasteiger partial charge >= 0.3 is 5.97 Å². The minimum atomic E-state index is -2.12. The number of ether oxygens (including phenoxy) is 2. The van der Waals surface area contributed by atoms with E-state index < -0.39 is 75.3 Å². The zero-order valence-electron chi connectivity index (χ0n) is 25.1. The van der Waals surface area contributed by atoms with Crippen molar-refractivity contribution in [2.75, 3.05) is 25.7 Å². The van der Waals surface area contributed by atoms with Crippen LogP contribution < -0.4 is 14.4 Å². The number of likely N-dealkylation sites (tertiary alicyclic amines) is 1. The molecule has 2 aliphatic carbocycles. The Morgan fingerprint density at radius 3 is 2.26 bits per heavy atom. The average Bonchev–Trinajstić information content (AvgIpc) is 3.37. The molecule has 246 valence electrons. The van der Waals surface area contributed by atoms with Crippen molar-refractivity contribution >= 4 is 64.6 Å². The third-order valence-electron chi connectivity index (χ3n) is 9.58. The first-order valence-electron chi connectivity index (χ1n) is 14.7. The molecule has 6 rings (SSSR count). The quantitative estimate of drug-likeness (QED) is 0.237. The van der Waals surface area contributed by atoms with Crippen molar-refractivity contribution in [2.24, 2.45) is 23.7 Å². The van der Waals surface area contributed by atoms with E-state index in [1.54, 1.807) is 18.2 Å². The molecule has 0 aromatic heterocycles.